The summed E-state index contributed by atoms with van der Waals surface area (Å²) in [7, 11) is 1.49. The zero-order valence-corrected chi connectivity index (χ0v) is 14.3. The van der Waals surface area contributed by atoms with Gasteiger partial charge in [0.05, 0.1) is 7.11 Å². The second kappa shape index (κ2) is 14.0. The monoisotopic (exact) mass is 364 g/mol. The summed E-state index contributed by atoms with van der Waals surface area (Å²) in [4.78, 5) is 43.1. The zero-order chi connectivity index (χ0) is 19.8. The Hall–Kier alpha value is -3.39. The van der Waals surface area contributed by atoms with E-state index in [1.165, 1.54) is 19.2 Å². The van der Waals surface area contributed by atoms with Gasteiger partial charge in [-0.05, 0) is 24.3 Å². The van der Waals surface area contributed by atoms with Crippen molar-refractivity contribution >= 4 is 17.7 Å². The second-order valence-corrected chi connectivity index (χ2v) is 4.02. The van der Waals surface area contributed by atoms with Gasteiger partial charge in [-0.2, -0.15) is 4.89 Å². The van der Waals surface area contributed by atoms with Gasteiger partial charge >= 0.3 is 11.9 Å². The smallest absolute Gasteiger partial charge is 0.379 e. The van der Waals surface area contributed by atoms with Gasteiger partial charge in [0.2, 0.25) is 0 Å². The fourth-order valence-corrected chi connectivity index (χ4v) is 1.35. The normalized spacial score (nSPS) is 9.42. The Kier molecular flexibility index (Phi) is 12.2. The van der Waals surface area contributed by atoms with Crippen LogP contribution in [0.3, 0.4) is 0 Å². The van der Waals surface area contributed by atoms with Crippen molar-refractivity contribution in [1.29, 1.82) is 0 Å². The first-order valence-corrected chi connectivity index (χ1v) is 7.20. The summed E-state index contributed by atoms with van der Waals surface area (Å²) in [6.07, 6.45) is 2.89. The topological polar surface area (TPSA) is 97.4 Å². The molecule has 8 heteroatoms. The van der Waals surface area contributed by atoms with Crippen molar-refractivity contribution in [2.45, 2.75) is 0 Å². The molecule has 0 unspecified atom stereocenters. The van der Waals surface area contributed by atoms with Crippen molar-refractivity contribution < 1.29 is 38.4 Å². The molecule has 0 saturated carbocycles. The van der Waals surface area contributed by atoms with Crippen molar-refractivity contribution in [2.75, 3.05) is 20.3 Å². The number of rotatable bonds is 10. The predicted octanol–water partition coefficient (Wildman–Crippen LogP) is 2.37. The van der Waals surface area contributed by atoms with Gasteiger partial charge < -0.3 is 19.1 Å². The highest BCUT2D eigenvalue weighted by molar-refractivity contribution is 6.40. The summed E-state index contributed by atoms with van der Waals surface area (Å²) in [6.45, 7) is 8.88. The van der Waals surface area contributed by atoms with Crippen LogP contribution in [-0.4, -0.2) is 38.0 Å². The fraction of sp³-hybridized carbons (Fsp3) is 0.167. The molecule has 0 amide bonds. The first kappa shape index (κ1) is 22.6. The van der Waals surface area contributed by atoms with E-state index < -0.39 is 17.7 Å². The average Bonchev–Trinajstić information content (AvgIpc) is 2.70. The van der Waals surface area contributed by atoms with Gasteiger partial charge in [-0.25, -0.2) is 9.59 Å². The van der Waals surface area contributed by atoms with Crippen molar-refractivity contribution in [3.63, 3.8) is 0 Å². The van der Waals surface area contributed by atoms with Crippen LogP contribution in [0.1, 0.15) is 10.4 Å². The Morgan fingerprint density at radius 1 is 1.04 bits per heavy atom. The number of benzene rings is 1. The number of carbonyl (C=O) groups excluding carboxylic acids is 3. The lowest BCUT2D eigenvalue weighted by atomic mass is 10.1. The average molecular weight is 364 g/mol. The van der Waals surface area contributed by atoms with E-state index >= 15 is 0 Å². The maximum absolute atomic E-state index is 11.8. The number of methoxy groups -OCH3 is 1. The molecule has 0 aromatic heterocycles. The third-order valence-electron chi connectivity index (χ3n) is 2.47. The van der Waals surface area contributed by atoms with Crippen LogP contribution in [0, 0.1) is 0 Å². The maximum atomic E-state index is 11.8. The third kappa shape index (κ3) is 9.04. The van der Waals surface area contributed by atoms with Crippen molar-refractivity contribution in [2.24, 2.45) is 0 Å². The number of ether oxygens (including phenoxy) is 3. The summed E-state index contributed by atoms with van der Waals surface area (Å²) in [5.41, 5.74) is 0.185. The predicted molar refractivity (Wildman–Crippen MR) is 92.0 cm³/mol. The minimum absolute atomic E-state index is 0.124. The van der Waals surface area contributed by atoms with Gasteiger partial charge in [-0.15, -0.1) is 13.2 Å². The summed E-state index contributed by atoms with van der Waals surface area (Å²) >= 11 is 0. The minimum atomic E-state index is -1.01. The van der Waals surface area contributed by atoms with E-state index in [0.717, 1.165) is 18.6 Å². The first-order chi connectivity index (χ1) is 12.6. The van der Waals surface area contributed by atoms with Crippen molar-refractivity contribution in [3.05, 3.63) is 68.2 Å². The maximum Gasteiger partial charge on any atom is 0.379 e. The molecule has 26 heavy (non-hydrogen) atoms. The van der Waals surface area contributed by atoms with E-state index in [-0.39, 0.29) is 18.8 Å². The highest BCUT2D eigenvalue weighted by atomic mass is 17.2. The Labute approximate surface area is 151 Å². The van der Waals surface area contributed by atoms with E-state index in [0.29, 0.717) is 5.75 Å². The van der Waals surface area contributed by atoms with Gasteiger partial charge in [0.1, 0.15) is 25.2 Å². The minimum Gasteiger partial charge on any atom is -0.497 e. The van der Waals surface area contributed by atoms with Crippen LogP contribution < -0.4 is 4.74 Å². The quantitative estimate of drug-likeness (QED) is 0.0718. The molecular formula is C18H20O8. The molecule has 0 aliphatic heterocycles. The highest BCUT2D eigenvalue weighted by Gasteiger charge is 2.17. The molecule has 1 aromatic carbocycles. The lowest BCUT2D eigenvalue weighted by Gasteiger charge is -2.04. The fourth-order valence-electron chi connectivity index (χ4n) is 1.35. The number of hydrogen-bond acceptors (Lipinski definition) is 8. The summed E-state index contributed by atoms with van der Waals surface area (Å²) in [5.74, 6) is -1.88. The Balaban J connectivity index is 0.00000301. The third-order valence-corrected chi connectivity index (χ3v) is 2.47. The second-order valence-electron chi connectivity index (χ2n) is 4.02. The van der Waals surface area contributed by atoms with Gasteiger partial charge in [0.15, 0.2) is 6.26 Å². The lowest BCUT2D eigenvalue weighted by molar-refractivity contribution is -0.255. The van der Waals surface area contributed by atoms with Crippen LogP contribution in [0.4, 0.5) is 0 Å². The molecule has 0 fully saturated rings. The molecule has 0 aliphatic carbocycles. The Bertz CT molecular complexity index is 619. The van der Waals surface area contributed by atoms with Crippen LogP contribution in [0.2, 0.25) is 0 Å². The largest absolute Gasteiger partial charge is 0.497 e. The SMILES string of the molecule is C=C.C=CC(=O)O/C=C/OOCCOC(=O)C(=O)c1ccc(OC)cc1. The number of hydrogen-bond donors (Lipinski definition) is 0. The van der Waals surface area contributed by atoms with Crippen LogP contribution in [0.25, 0.3) is 0 Å². The number of esters is 2. The summed E-state index contributed by atoms with van der Waals surface area (Å²) < 4.78 is 14.1. The van der Waals surface area contributed by atoms with E-state index in [1.54, 1.807) is 12.1 Å². The molecule has 0 aliphatic rings. The highest BCUT2D eigenvalue weighted by Crippen LogP contribution is 2.12. The van der Waals surface area contributed by atoms with Crippen LogP contribution >= 0.6 is 0 Å². The van der Waals surface area contributed by atoms with Crippen LogP contribution in [0.15, 0.2) is 62.6 Å². The molecule has 8 nitrogen and oxygen atoms in total. The number of Topliss-reactive ketones (excluding diaryl/α,β-unsaturated/α-hetero) is 1. The van der Waals surface area contributed by atoms with Crippen LogP contribution in [-0.2, 0) is 28.8 Å². The Morgan fingerprint density at radius 2 is 1.69 bits per heavy atom. The summed E-state index contributed by atoms with van der Waals surface area (Å²) in [5, 5.41) is 0. The molecule has 1 rings (SSSR count). The van der Waals surface area contributed by atoms with E-state index in [1.807, 2.05) is 0 Å². The van der Waals surface area contributed by atoms with Crippen molar-refractivity contribution in [3.8, 4) is 5.75 Å². The molecule has 0 atom stereocenters. The van der Waals surface area contributed by atoms with E-state index in [4.69, 9.17) is 9.47 Å². The van der Waals surface area contributed by atoms with Gasteiger partial charge in [0.25, 0.3) is 5.78 Å². The number of ketones is 1. The first-order valence-electron chi connectivity index (χ1n) is 7.20. The molecule has 0 bridgehead atoms. The molecule has 0 radical (unpaired) electrons. The van der Waals surface area contributed by atoms with Gasteiger partial charge in [0, 0.05) is 11.6 Å². The van der Waals surface area contributed by atoms with E-state index in [2.05, 4.69) is 34.2 Å². The summed E-state index contributed by atoms with van der Waals surface area (Å²) in [6, 6.07) is 6.03. The number of carbonyl (C=O) groups is 3. The molecule has 0 spiro atoms. The molecule has 1 aromatic rings. The van der Waals surface area contributed by atoms with Gasteiger partial charge in [-0.1, -0.05) is 6.58 Å². The molecule has 140 valence electrons. The lowest BCUT2D eigenvalue weighted by Crippen LogP contribution is -2.19. The standard InChI is InChI=1S/C16H16O8.C2H4/c1-3-14(17)21-8-10-23-24-11-9-22-16(19)15(18)12-4-6-13(20-2)7-5-12;1-2/h3-8,10H,1,9,11H2,2H3;1-2H2/b10-8+;. The Morgan fingerprint density at radius 3 is 2.27 bits per heavy atom. The van der Waals surface area contributed by atoms with E-state index in [9.17, 15) is 14.4 Å². The molecule has 0 saturated heterocycles. The van der Waals surface area contributed by atoms with Crippen molar-refractivity contribution in [1.82, 2.24) is 0 Å². The molecular weight excluding hydrogens is 344 g/mol. The van der Waals surface area contributed by atoms with Crippen LogP contribution in [0.5, 0.6) is 5.75 Å². The zero-order valence-electron chi connectivity index (χ0n) is 14.3. The molecule has 0 N–H and O–H groups in total. The van der Waals surface area contributed by atoms with Gasteiger partial charge in [-0.3, -0.25) is 4.79 Å². The molecule has 0 heterocycles.